The highest BCUT2D eigenvalue weighted by Gasteiger charge is 2.07. The maximum Gasteiger partial charge on any atom is 0.240 e. The molecule has 0 atom stereocenters. The van der Waals surface area contributed by atoms with Crippen LogP contribution in [0.5, 0.6) is 0 Å². The molecule has 2 N–H and O–H groups in total. The van der Waals surface area contributed by atoms with Gasteiger partial charge >= 0.3 is 0 Å². The number of furan rings is 1. The maximum absolute atomic E-state index is 5.43. The van der Waals surface area contributed by atoms with Gasteiger partial charge in [0, 0.05) is 0 Å². The Labute approximate surface area is 96.5 Å². The van der Waals surface area contributed by atoms with E-state index in [0.29, 0.717) is 15.9 Å². The van der Waals surface area contributed by atoms with Crippen LogP contribution >= 0.6 is 31.9 Å². The van der Waals surface area contributed by atoms with Crippen molar-refractivity contribution in [3.63, 3.8) is 0 Å². The lowest BCUT2D eigenvalue weighted by molar-refractivity contribution is 0.460. The van der Waals surface area contributed by atoms with Gasteiger partial charge < -0.3 is 10.2 Å². The summed E-state index contributed by atoms with van der Waals surface area (Å²) in [5.74, 6) is 1.02. The fraction of sp³-hybridized carbons (Fsp3) is 0.143. The monoisotopic (exact) mass is 320 g/mol. The second-order valence-electron chi connectivity index (χ2n) is 2.60. The van der Waals surface area contributed by atoms with Crippen molar-refractivity contribution in [2.75, 3.05) is 5.73 Å². The van der Waals surface area contributed by atoms with Crippen LogP contribution in [0.1, 0.15) is 5.76 Å². The van der Waals surface area contributed by atoms with Crippen molar-refractivity contribution in [3.8, 4) is 0 Å². The minimum absolute atomic E-state index is 0.238. The van der Waals surface area contributed by atoms with Crippen molar-refractivity contribution >= 4 is 37.8 Å². The van der Waals surface area contributed by atoms with Crippen LogP contribution in [0.4, 0.5) is 5.95 Å². The minimum atomic E-state index is 0.238. The Hall–Kier alpha value is -0.820. The van der Waals surface area contributed by atoms with E-state index in [1.165, 1.54) is 0 Å². The number of anilines is 1. The zero-order valence-corrected chi connectivity index (χ0v) is 10.1. The summed E-state index contributed by atoms with van der Waals surface area (Å²) < 4.78 is 8.21. The van der Waals surface area contributed by atoms with Gasteiger partial charge in [-0.05, 0) is 44.0 Å². The summed E-state index contributed by atoms with van der Waals surface area (Å²) in [6, 6.07) is 3.68. The molecule has 0 spiro atoms. The van der Waals surface area contributed by atoms with Crippen molar-refractivity contribution in [1.29, 1.82) is 0 Å². The van der Waals surface area contributed by atoms with Gasteiger partial charge in [-0.25, -0.2) is 4.68 Å². The van der Waals surface area contributed by atoms with Gasteiger partial charge in [0.2, 0.25) is 5.95 Å². The number of halogens is 2. The van der Waals surface area contributed by atoms with Crippen molar-refractivity contribution in [3.05, 3.63) is 27.3 Å². The van der Waals surface area contributed by atoms with Crippen molar-refractivity contribution in [1.82, 2.24) is 14.8 Å². The largest absolute Gasteiger partial charge is 0.452 e. The smallest absolute Gasteiger partial charge is 0.240 e. The van der Waals surface area contributed by atoms with E-state index in [2.05, 4.69) is 41.9 Å². The second-order valence-corrected chi connectivity index (χ2v) is 4.09. The van der Waals surface area contributed by atoms with Gasteiger partial charge in [-0.1, -0.05) is 0 Å². The Morgan fingerprint density at radius 2 is 2.21 bits per heavy atom. The van der Waals surface area contributed by atoms with Gasteiger partial charge in [0.1, 0.15) is 12.3 Å². The molecular formula is C7H6Br2N4O. The van der Waals surface area contributed by atoms with E-state index >= 15 is 0 Å². The zero-order valence-electron chi connectivity index (χ0n) is 6.94. The third-order valence-corrected chi connectivity index (χ3v) is 2.59. The Kier molecular flexibility index (Phi) is 2.60. The number of nitrogen functional groups attached to an aromatic ring is 1. The highest BCUT2D eigenvalue weighted by atomic mass is 79.9. The Balaban J connectivity index is 2.22. The predicted molar refractivity (Wildman–Crippen MR) is 57.6 cm³/mol. The van der Waals surface area contributed by atoms with Crippen molar-refractivity contribution in [2.45, 2.75) is 6.54 Å². The van der Waals surface area contributed by atoms with Crippen molar-refractivity contribution < 1.29 is 4.42 Å². The molecule has 5 nitrogen and oxygen atoms in total. The number of aromatic nitrogens is 3. The van der Waals surface area contributed by atoms with E-state index in [4.69, 9.17) is 10.2 Å². The first kappa shape index (κ1) is 9.72. The molecule has 2 rings (SSSR count). The van der Waals surface area contributed by atoms with E-state index in [-0.39, 0.29) is 5.95 Å². The molecule has 0 aromatic carbocycles. The number of nitrogens with zero attached hydrogens (tertiary/aromatic N) is 3. The molecular weight excluding hydrogens is 316 g/mol. The number of rotatable bonds is 2. The second kappa shape index (κ2) is 3.74. The third-order valence-electron chi connectivity index (χ3n) is 1.58. The first-order valence-electron chi connectivity index (χ1n) is 3.75. The van der Waals surface area contributed by atoms with Gasteiger partial charge in [0.15, 0.2) is 9.40 Å². The van der Waals surface area contributed by atoms with E-state index in [0.717, 1.165) is 5.76 Å². The van der Waals surface area contributed by atoms with Gasteiger partial charge in [0.25, 0.3) is 0 Å². The van der Waals surface area contributed by atoms with E-state index < -0.39 is 0 Å². The summed E-state index contributed by atoms with van der Waals surface area (Å²) in [4.78, 5) is 3.91. The molecule has 0 saturated heterocycles. The minimum Gasteiger partial charge on any atom is -0.452 e. The molecule has 74 valence electrons. The topological polar surface area (TPSA) is 69.9 Å². The molecule has 2 aromatic heterocycles. The summed E-state index contributed by atoms with van der Waals surface area (Å²) in [7, 11) is 0. The molecule has 14 heavy (non-hydrogen) atoms. The molecule has 0 aliphatic heterocycles. The number of hydrogen-bond donors (Lipinski definition) is 1. The fourth-order valence-electron chi connectivity index (χ4n) is 1.02. The number of hydrogen-bond acceptors (Lipinski definition) is 4. The van der Waals surface area contributed by atoms with Crippen LogP contribution in [-0.4, -0.2) is 14.8 Å². The zero-order chi connectivity index (χ0) is 10.1. The molecule has 0 bridgehead atoms. The molecule has 0 saturated carbocycles. The molecule has 2 heterocycles. The van der Waals surface area contributed by atoms with E-state index in [1.807, 2.05) is 12.1 Å². The predicted octanol–water partition coefficient (Wildman–Crippen LogP) is 2.03. The van der Waals surface area contributed by atoms with Gasteiger partial charge in [0.05, 0.1) is 0 Å². The van der Waals surface area contributed by atoms with E-state index in [9.17, 15) is 0 Å². The standard InChI is InChI=1S/C7H6Br2N4O/c8-5-2-1-4(14-5)3-13-6(9)11-7(10)12-13/h1-2H,3H2,(H2,10,12). The molecule has 0 fully saturated rings. The SMILES string of the molecule is Nc1nc(Br)n(Cc2ccc(Br)o2)n1. The Morgan fingerprint density at radius 3 is 2.71 bits per heavy atom. The normalized spacial score (nSPS) is 10.7. The van der Waals surface area contributed by atoms with Gasteiger partial charge in [-0.3, -0.25) is 0 Å². The summed E-state index contributed by atoms with van der Waals surface area (Å²) in [6.45, 7) is 0.496. The molecule has 0 radical (unpaired) electrons. The van der Waals surface area contributed by atoms with Crippen LogP contribution in [0.25, 0.3) is 0 Å². The Morgan fingerprint density at radius 1 is 1.43 bits per heavy atom. The lowest BCUT2D eigenvalue weighted by atomic mass is 10.4. The fourth-order valence-corrected chi connectivity index (χ4v) is 1.75. The number of nitrogens with two attached hydrogens (primary N) is 1. The molecule has 0 aliphatic carbocycles. The van der Waals surface area contributed by atoms with Crippen LogP contribution in [0.15, 0.2) is 26.0 Å². The molecule has 0 amide bonds. The van der Waals surface area contributed by atoms with Crippen LogP contribution < -0.4 is 5.73 Å². The van der Waals surface area contributed by atoms with Crippen LogP contribution in [0.3, 0.4) is 0 Å². The Bertz CT molecular complexity index is 450. The average Bonchev–Trinajstić information content (AvgIpc) is 2.61. The first-order valence-corrected chi connectivity index (χ1v) is 5.34. The maximum atomic E-state index is 5.43. The van der Waals surface area contributed by atoms with Crippen LogP contribution in [-0.2, 0) is 6.54 Å². The van der Waals surface area contributed by atoms with Crippen LogP contribution in [0, 0.1) is 0 Å². The highest BCUT2D eigenvalue weighted by molar-refractivity contribution is 9.10. The summed E-state index contributed by atoms with van der Waals surface area (Å²) in [6.07, 6.45) is 0. The molecule has 2 aromatic rings. The molecule has 0 unspecified atom stereocenters. The first-order chi connectivity index (χ1) is 6.65. The molecule has 0 aliphatic rings. The van der Waals surface area contributed by atoms with Crippen molar-refractivity contribution in [2.24, 2.45) is 0 Å². The van der Waals surface area contributed by atoms with E-state index in [1.54, 1.807) is 4.68 Å². The highest BCUT2D eigenvalue weighted by Crippen LogP contribution is 2.16. The third kappa shape index (κ3) is 1.98. The van der Waals surface area contributed by atoms with Gasteiger partial charge in [-0.2, -0.15) is 4.98 Å². The lowest BCUT2D eigenvalue weighted by Gasteiger charge is -1.97. The van der Waals surface area contributed by atoms with Gasteiger partial charge in [-0.15, -0.1) is 5.10 Å². The summed E-state index contributed by atoms with van der Waals surface area (Å²) >= 11 is 6.46. The lowest BCUT2D eigenvalue weighted by Crippen LogP contribution is -2.01. The summed E-state index contributed by atoms with van der Waals surface area (Å²) in [5, 5.41) is 3.98. The van der Waals surface area contributed by atoms with Crippen LogP contribution in [0.2, 0.25) is 0 Å². The quantitative estimate of drug-likeness (QED) is 0.918. The molecule has 7 heteroatoms. The summed E-state index contributed by atoms with van der Waals surface area (Å²) in [5.41, 5.74) is 5.43. The average molecular weight is 322 g/mol.